The molecule has 14 heavy (non-hydrogen) atoms. The van der Waals surface area contributed by atoms with E-state index in [1.165, 1.54) is 0 Å². The van der Waals surface area contributed by atoms with E-state index in [0.29, 0.717) is 13.2 Å². The Kier molecular flexibility index (Phi) is 7.09. The highest BCUT2D eigenvalue weighted by atomic mass is 16.5. The third-order valence-electron chi connectivity index (χ3n) is 1.66. The van der Waals surface area contributed by atoms with Crippen molar-refractivity contribution in [3.8, 4) is 0 Å². The first-order chi connectivity index (χ1) is 6.42. The van der Waals surface area contributed by atoms with E-state index in [4.69, 9.17) is 4.74 Å². The Morgan fingerprint density at radius 1 is 1.29 bits per heavy atom. The molecular formula is C10H24N2O2. The maximum Gasteiger partial charge on any atom is 0.0715 e. The molecule has 0 aromatic heterocycles. The Hall–Kier alpha value is -0.160. The van der Waals surface area contributed by atoms with Gasteiger partial charge in [-0.1, -0.05) is 0 Å². The number of rotatable bonds is 8. The van der Waals surface area contributed by atoms with Crippen molar-refractivity contribution in [2.24, 2.45) is 0 Å². The van der Waals surface area contributed by atoms with E-state index in [1.54, 1.807) is 13.8 Å². The maximum absolute atomic E-state index is 9.38. The molecule has 0 aromatic carbocycles. The fourth-order valence-electron chi connectivity index (χ4n) is 0.888. The van der Waals surface area contributed by atoms with Crippen molar-refractivity contribution in [2.75, 3.05) is 46.9 Å². The molecule has 4 nitrogen and oxygen atoms in total. The number of hydrogen-bond acceptors (Lipinski definition) is 4. The molecule has 0 aromatic rings. The molecule has 0 aliphatic carbocycles. The van der Waals surface area contributed by atoms with E-state index in [-0.39, 0.29) is 0 Å². The highest BCUT2D eigenvalue weighted by molar-refractivity contribution is 4.67. The topological polar surface area (TPSA) is 44.7 Å². The average Bonchev–Trinajstić information content (AvgIpc) is 2.00. The molecule has 0 aliphatic heterocycles. The second kappa shape index (κ2) is 7.17. The van der Waals surface area contributed by atoms with Gasteiger partial charge in [-0.3, -0.25) is 0 Å². The van der Waals surface area contributed by atoms with Gasteiger partial charge in [0, 0.05) is 19.6 Å². The maximum atomic E-state index is 9.38. The molecule has 4 heteroatoms. The zero-order chi connectivity index (χ0) is 11.0. The van der Waals surface area contributed by atoms with Crippen LogP contribution in [0.15, 0.2) is 0 Å². The largest absolute Gasteiger partial charge is 0.389 e. The van der Waals surface area contributed by atoms with E-state index in [1.807, 2.05) is 14.1 Å². The van der Waals surface area contributed by atoms with Crippen LogP contribution in [0.4, 0.5) is 0 Å². The molecule has 0 heterocycles. The Morgan fingerprint density at radius 2 is 1.93 bits per heavy atom. The van der Waals surface area contributed by atoms with Crippen LogP contribution in [-0.4, -0.2) is 62.6 Å². The van der Waals surface area contributed by atoms with Gasteiger partial charge in [0.25, 0.3) is 0 Å². The summed E-state index contributed by atoms with van der Waals surface area (Å²) in [6, 6.07) is 0. The summed E-state index contributed by atoms with van der Waals surface area (Å²) in [5.74, 6) is 0. The van der Waals surface area contributed by atoms with Gasteiger partial charge in [0.05, 0.1) is 18.8 Å². The molecule has 0 saturated carbocycles. The van der Waals surface area contributed by atoms with Crippen LogP contribution in [0.3, 0.4) is 0 Å². The molecule has 0 atom stereocenters. The predicted molar refractivity (Wildman–Crippen MR) is 58.5 cm³/mol. The summed E-state index contributed by atoms with van der Waals surface area (Å²) in [6.45, 7) is 7.37. The Balaban J connectivity index is 3.07. The molecule has 0 fully saturated rings. The van der Waals surface area contributed by atoms with Crippen molar-refractivity contribution in [2.45, 2.75) is 19.4 Å². The van der Waals surface area contributed by atoms with Crippen LogP contribution in [-0.2, 0) is 4.74 Å². The summed E-state index contributed by atoms with van der Waals surface area (Å²) >= 11 is 0. The van der Waals surface area contributed by atoms with E-state index in [9.17, 15) is 5.11 Å². The third kappa shape index (κ3) is 11.8. The Labute approximate surface area is 87.2 Å². The molecule has 0 unspecified atom stereocenters. The summed E-state index contributed by atoms with van der Waals surface area (Å²) in [4.78, 5) is 2.09. The number of likely N-dealkylation sites (N-methyl/N-ethyl adjacent to an activating group) is 1. The number of hydrogen-bond donors (Lipinski definition) is 2. The zero-order valence-electron chi connectivity index (χ0n) is 9.84. The van der Waals surface area contributed by atoms with E-state index >= 15 is 0 Å². The molecule has 0 bridgehead atoms. The van der Waals surface area contributed by atoms with Gasteiger partial charge in [-0.05, 0) is 27.9 Å². The molecule has 86 valence electrons. The predicted octanol–water partition coefficient (Wildman–Crippen LogP) is -0.0749. The number of nitrogens with zero attached hydrogens (tertiary/aromatic N) is 1. The molecule has 0 saturated heterocycles. The normalized spacial score (nSPS) is 12.4. The van der Waals surface area contributed by atoms with Gasteiger partial charge in [-0.15, -0.1) is 0 Å². The second-order valence-electron chi connectivity index (χ2n) is 4.40. The first-order valence-corrected chi connectivity index (χ1v) is 5.07. The van der Waals surface area contributed by atoms with Crippen molar-refractivity contribution in [1.82, 2.24) is 10.2 Å². The average molecular weight is 204 g/mol. The van der Waals surface area contributed by atoms with Gasteiger partial charge < -0.3 is 20.1 Å². The van der Waals surface area contributed by atoms with Crippen LogP contribution in [0.5, 0.6) is 0 Å². The van der Waals surface area contributed by atoms with Crippen LogP contribution < -0.4 is 5.32 Å². The van der Waals surface area contributed by atoms with Crippen LogP contribution >= 0.6 is 0 Å². The summed E-state index contributed by atoms with van der Waals surface area (Å²) in [7, 11) is 4.05. The molecule has 0 radical (unpaired) electrons. The lowest BCUT2D eigenvalue weighted by Crippen LogP contribution is -2.36. The summed E-state index contributed by atoms with van der Waals surface area (Å²) < 4.78 is 5.37. The van der Waals surface area contributed by atoms with Gasteiger partial charge in [-0.2, -0.15) is 0 Å². The Bertz CT molecular complexity index is 133. The van der Waals surface area contributed by atoms with Crippen molar-refractivity contribution < 1.29 is 9.84 Å². The summed E-state index contributed by atoms with van der Waals surface area (Å²) in [5.41, 5.74) is -0.635. The SMILES string of the molecule is CN(C)CCOCCNCC(C)(C)O. The summed E-state index contributed by atoms with van der Waals surface area (Å²) in [5, 5.41) is 12.5. The smallest absolute Gasteiger partial charge is 0.0715 e. The minimum Gasteiger partial charge on any atom is -0.389 e. The lowest BCUT2D eigenvalue weighted by molar-refractivity contribution is 0.0731. The van der Waals surface area contributed by atoms with Crippen molar-refractivity contribution >= 4 is 0 Å². The first kappa shape index (κ1) is 13.8. The van der Waals surface area contributed by atoms with Crippen molar-refractivity contribution in [3.05, 3.63) is 0 Å². The van der Waals surface area contributed by atoms with E-state index in [0.717, 1.165) is 19.7 Å². The second-order valence-corrected chi connectivity index (χ2v) is 4.40. The zero-order valence-corrected chi connectivity index (χ0v) is 9.84. The number of nitrogens with one attached hydrogen (secondary N) is 1. The first-order valence-electron chi connectivity index (χ1n) is 5.07. The molecule has 2 N–H and O–H groups in total. The van der Waals surface area contributed by atoms with E-state index < -0.39 is 5.60 Å². The van der Waals surface area contributed by atoms with Crippen LogP contribution in [0.2, 0.25) is 0 Å². The highest BCUT2D eigenvalue weighted by Gasteiger charge is 2.10. The van der Waals surface area contributed by atoms with Crippen LogP contribution in [0, 0.1) is 0 Å². The van der Waals surface area contributed by atoms with Gasteiger partial charge in [0.1, 0.15) is 0 Å². The minimum absolute atomic E-state index is 0.601. The molecule has 0 amide bonds. The standard InChI is InChI=1S/C10H24N2O2/c1-10(2,13)9-11-5-7-14-8-6-12(3)4/h11,13H,5-9H2,1-4H3. The minimum atomic E-state index is -0.635. The quantitative estimate of drug-likeness (QED) is 0.543. The molecule has 0 aliphatic rings. The third-order valence-corrected chi connectivity index (χ3v) is 1.66. The number of ether oxygens (including phenoxy) is 1. The van der Waals surface area contributed by atoms with Gasteiger partial charge in [0.15, 0.2) is 0 Å². The fraction of sp³-hybridized carbons (Fsp3) is 1.00. The van der Waals surface area contributed by atoms with Gasteiger partial charge in [0.2, 0.25) is 0 Å². The van der Waals surface area contributed by atoms with Gasteiger partial charge in [-0.25, -0.2) is 0 Å². The molecule has 0 rings (SSSR count). The monoisotopic (exact) mass is 204 g/mol. The molecular weight excluding hydrogens is 180 g/mol. The lowest BCUT2D eigenvalue weighted by atomic mass is 10.1. The van der Waals surface area contributed by atoms with Crippen molar-refractivity contribution in [1.29, 1.82) is 0 Å². The van der Waals surface area contributed by atoms with Crippen LogP contribution in [0.25, 0.3) is 0 Å². The van der Waals surface area contributed by atoms with Crippen molar-refractivity contribution in [3.63, 3.8) is 0 Å². The van der Waals surface area contributed by atoms with E-state index in [2.05, 4.69) is 10.2 Å². The lowest BCUT2D eigenvalue weighted by Gasteiger charge is -2.17. The number of aliphatic hydroxyl groups is 1. The summed E-state index contributed by atoms with van der Waals surface area (Å²) in [6.07, 6.45) is 0. The van der Waals surface area contributed by atoms with Gasteiger partial charge >= 0.3 is 0 Å². The molecule has 0 spiro atoms. The van der Waals surface area contributed by atoms with Crippen LogP contribution in [0.1, 0.15) is 13.8 Å². The Morgan fingerprint density at radius 3 is 2.43 bits per heavy atom. The highest BCUT2D eigenvalue weighted by Crippen LogP contribution is 1.96. The fourth-order valence-corrected chi connectivity index (χ4v) is 0.888.